The average Bonchev–Trinajstić information content (AvgIpc) is 2.83. The standard InChI is InChI=1S/C14H15FO2S/c1-9-6-14(12(10(2)16)7-13(9)15)18-8-11-4-3-5-17-11/h3-7,10,16H,8H2,1-2H3/t10-/m0/s1. The summed E-state index contributed by atoms with van der Waals surface area (Å²) in [5.41, 5.74) is 1.20. The summed E-state index contributed by atoms with van der Waals surface area (Å²) in [6, 6.07) is 6.91. The Morgan fingerprint density at radius 1 is 1.44 bits per heavy atom. The number of aliphatic hydroxyl groups excluding tert-OH is 1. The summed E-state index contributed by atoms with van der Waals surface area (Å²) in [5.74, 6) is 1.24. The van der Waals surface area contributed by atoms with Crippen LogP contribution in [-0.2, 0) is 5.75 Å². The Bertz CT molecular complexity index is 521. The maximum atomic E-state index is 13.5. The van der Waals surface area contributed by atoms with Crippen LogP contribution in [-0.4, -0.2) is 5.11 Å². The van der Waals surface area contributed by atoms with E-state index in [9.17, 15) is 9.50 Å². The van der Waals surface area contributed by atoms with Crippen LogP contribution in [0.4, 0.5) is 4.39 Å². The summed E-state index contributed by atoms with van der Waals surface area (Å²) in [6.45, 7) is 3.36. The molecule has 0 aliphatic heterocycles. The Morgan fingerprint density at radius 2 is 2.22 bits per heavy atom. The Kier molecular flexibility index (Phi) is 4.09. The molecule has 0 bridgehead atoms. The molecule has 4 heteroatoms. The molecule has 0 fully saturated rings. The fourth-order valence-electron chi connectivity index (χ4n) is 1.67. The highest BCUT2D eigenvalue weighted by Crippen LogP contribution is 2.32. The highest BCUT2D eigenvalue weighted by atomic mass is 32.2. The molecule has 0 saturated carbocycles. The third kappa shape index (κ3) is 2.94. The molecule has 0 spiro atoms. The molecule has 1 aromatic heterocycles. The highest BCUT2D eigenvalue weighted by Gasteiger charge is 2.12. The number of aryl methyl sites for hydroxylation is 1. The van der Waals surface area contributed by atoms with Crippen molar-refractivity contribution in [2.24, 2.45) is 0 Å². The van der Waals surface area contributed by atoms with E-state index in [1.807, 2.05) is 12.1 Å². The van der Waals surface area contributed by atoms with Gasteiger partial charge in [0.25, 0.3) is 0 Å². The zero-order chi connectivity index (χ0) is 13.1. The molecule has 18 heavy (non-hydrogen) atoms. The van der Waals surface area contributed by atoms with Gasteiger partial charge < -0.3 is 9.52 Å². The molecule has 1 N–H and O–H groups in total. The van der Waals surface area contributed by atoms with Crippen LogP contribution < -0.4 is 0 Å². The van der Waals surface area contributed by atoms with E-state index in [1.165, 1.54) is 17.8 Å². The SMILES string of the molecule is Cc1cc(SCc2ccco2)c([C@H](C)O)cc1F. The summed E-state index contributed by atoms with van der Waals surface area (Å²) >= 11 is 1.54. The van der Waals surface area contributed by atoms with Crippen molar-refractivity contribution in [1.29, 1.82) is 0 Å². The molecule has 0 amide bonds. The molecule has 1 atom stereocenters. The first kappa shape index (κ1) is 13.2. The molecule has 0 radical (unpaired) electrons. The molecular weight excluding hydrogens is 251 g/mol. The lowest BCUT2D eigenvalue weighted by Gasteiger charge is -2.13. The molecule has 0 aliphatic carbocycles. The molecule has 0 saturated heterocycles. The van der Waals surface area contributed by atoms with E-state index in [0.717, 1.165) is 10.7 Å². The van der Waals surface area contributed by atoms with Gasteiger partial charge in [-0.25, -0.2) is 4.39 Å². The second-order valence-electron chi connectivity index (χ2n) is 4.18. The monoisotopic (exact) mass is 266 g/mol. The van der Waals surface area contributed by atoms with Gasteiger partial charge in [0.05, 0.1) is 18.1 Å². The molecule has 0 unspecified atom stereocenters. The lowest BCUT2D eigenvalue weighted by atomic mass is 10.1. The summed E-state index contributed by atoms with van der Waals surface area (Å²) in [4.78, 5) is 0.889. The second kappa shape index (κ2) is 5.59. The molecular formula is C14H15FO2S. The number of rotatable bonds is 4. The lowest BCUT2D eigenvalue weighted by molar-refractivity contribution is 0.196. The zero-order valence-electron chi connectivity index (χ0n) is 10.3. The van der Waals surface area contributed by atoms with Gasteiger partial charge in [-0.1, -0.05) is 0 Å². The maximum absolute atomic E-state index is 13.5. The molecule has 96 valence electrons. The van der Waals surface area contributed by atoms with Crippen LogP contribution in [0.2, 0.25) is 0 Å². The van der Waals surface area contributed by atoms with Crippen molar-refractivity contribution in [1.82, 2.24) is 0 Å². The summed E-state index contributed by atoms with van der Waals surface area (Å²) in [7, 11) is 0. The lowest BCUT2D eigenvalue weighted by Crippen LogP contribution is -1.97. The predicted molar refractivity (Wildman–Crippen MR) is 70.0 cm³/mol. The molecule has 0 aliphatic rings. The van der Waals surface area contributed by atoms with E-state index in [4.69, 9.17) is 4.42 Å². The molecule has 1 aromatic carbocycles. The smallest absolute Gasteiger partial charge is 0.126 e. The fourth-order valence-corrected chi connectivity index (χ4v) is 2.78. The van der Waals surface area contributed by atoms with Gasteiger partial charge >= 0.3 is 0 Å². The summed E-state index contributed by atoms with van der Waals surface area (Å²) in [5, 5.41) is 9.67. The largest absolute Gasteiger partial charge is 0.468 e. The molecule has 2 rings (SSSR count). The Morgan fingerprint density at radius 3 is 2.83 bits per heavy atom. The third-order valence-corrected chi connectivity index (χ3v) is 3.78. The topological polar surface area (TPSA) is 33.4 Å². The Balaban J connectivity index is 2.23. The number of halogens is 1. The van der Waals surface area contributed by atoms with E-state index < -0.39 is 6.10 Å². The molecule has 2 nitrogen and oxygen atoms in total. The second-order valence-corrected chi connectivity index (χ2v) is 5.20. The minimum Gasteiger partial charge on any atom is -0.468 e. The first-order valence-corrected chi connectivity index (χ1v) is 6.70. The minimum atomic E-state index is -0.681. The van der Waals surface area contributed by atoms with E-state index in [-0.39, 0.29) is 5.82 Å². The summed E-state index contributed by atoms with van der Waals surface area (Å²) in [6.07, 6.45) is 0.945. The van der Waals surface area contributed by atoms with Crippen molar-refractivity contribution in [2.75, 3.05) is 0 Å². The third-order valence-electron chi connectivity index (χ3n) is 2.69. The number of thioether (sulfide) groups is 1. The molecule has 2 aromatic rings. The van der Waals surface area contributed by atoms with Crippen molar-refractivity contribution in [2.45, 2.75) is 30.6 Å². The van der Waals surface area contributed by atoms with Crippen molar-refractivity contribution < 1.29 is 13.9 Å². The first-order valence-electron chi connectivity index (χ1n) is 5.71. The van der Waals surface area contributed by atoms with Crippen molar-refractivity contribution in [3.05, 3.63) is 53.2 Å². The predicted octanol–water partition coefficient (Wildman–Crippen LogP) is 4.07. The summed E-state index contributed by atoms with van der Waals surface area (Å²) < 4.78 is 18.7. The van der Waals surface area contributed by atoms with Gasteiger partial charge in [-0.15, -0.1) is 11.8 Å². The first-order chi connectivity index (χ1) is 8.58. The van der Waals surface area contributed by atoms with Gasteiger partial charge in [0.15, 0.2) is 0 Å². The number of hydrogen-bond donors (Lipinski definition) is 1. The Hall–Kier alpha value is -1.26. The van der Waals surface area contributed by atoms with Crippen LogP contribution in [0, 0.1) is 12.7 Å². The highest BCUT2D eigenvalue weighted by molar-refractivity contribution is 7.98. The maximum Gasteiger partial charge on any atom is 0.126 e. The van der Waals surface area contributed by atoms with Crippen LogP contribution in [0.25, 0.3) is 0 Å². The van der Waals surface area contributed by atoms with Crippen LogP contribution >= 0.6 is 11.8 Å². The van der Waals surface area contributed by atoms with Crippen LogP contribution in [0.1, 0.15) is 29.9 Å². The normalized spacial score (nSPS) is 12.7. The van der Waals surface area contributed by atoms with E-state index >= 15 is 0 Å². The number of benzene rings is 1. The van der Waals surface area contributed by atoms with Gasteiger partial charge in [-0.3, -0.25) is 0 Å². The van der Waals surface area contributed by atoms with Crippen molar-refractivity contribution in [3.63, 3.8) is 0 Å². The fraction of sp³-hybridized carbons (Fsp3) is 0.286. The van der Waals surface area contributed by atoms with Crippen LogP contribution in [0.5, 0.6) is 0 Å². The van der Waals surface area contributed by atoms with E-state index in [2.05, 4.69) is 0 Å². The van der Waals surface area contributed by atoms with Gasteiger partial charge in [0, 0.05) is 4.90 Å². The van der Waals surface area contributed by atoms with Crippen LogP contribution in [0.15, 0.2) is 39.8 Å². The van der Waals surface area contributed by atoms with Gasteiger partial charge in [0.1, 0.15) is 11.6 Å². The van der Waals surface area contributed by atoms with Crippen molar-refractivity contribution >= 4 is 11.8 Å². The van der Waals surface area contributed by atoms with Gasteiger partial charge in [-0.05, 0) is 49.2 Å². The van der Waals surface area contributed by atoms with Gasteiger partial charge in [0.2, 0.25) is 0 Å². The number of aliphatic hydroxyl groups is 1. The van der Waals surface area contributed by atoms with E-state index in [1.54, 1.807) is 26.2 Å². The quantitative estimate of drug-likeness (QED) is 0.847. The molecule has 1 heterocycles. The number of hydrogen-bond acceptors (Lipinski definition) is 3. The van der Waals surface area contributed by atoms with E-state index in [0.29, 0.717) is 16.9 Å². The average molecular weight is 266 g/mol. The van der Waals surface area contributed by atoms with Gasteiger partial charge in [-0.2, -0.15) is 0 Å². The van der Waals surface area contributed by atoms with Crippen LogP contribution in [0.3, 0.4) is 0 Å². The van der Waals surface area contributed by atoms with Crippen molar-refractivity contribution in [3.8, 4) is 0 Å². The Labute approximate surface area is 110 Å². The number of furan rings is 1. The minimum absolute atomic E-state index is 0.284. The zero-order valence-corrected chi connectivity index (χ0v) is 11.1.